The maximum Gasteiger partial charge on any atom is 0.257 e. The number of aryl methyl sites for hydroxylation is 1. The molecule has 3 heterocycles. The van der Waals surface area contributed by atoms with E-state index in [1.165, 1.54) is 0 Å². The summed E-state index contributed by atoms with van der Waals surface area (Å²) in [5.74, 6) is -0.0743. The Labute approximate surface area is 147 Å². The highest BCUT2D eigenvalue weighted by Gasteiger charge is 2.38. The Hall–Kier alpha value is -2.22. The van der Waals surface area contributed by atoms with Crippen molar-refractivity contribution < 1.29 is 9.90 Å². The van der Waals surface area contributed by atoms with Crippen LogP contribution >= 0.6 is 0 Å². The van der Waals surface area contributed by atoms with Gasteiger partial charge in [-0.1, -0.05) is 26.0 Å². The van der Waals surface area contributed by atoms with Crippen LogP contribution in [0.3, 0.4) is 0 Å². The number of likely N-dealkylation sites (tertiary alicyclic amines) is 1. The van der Waals surface area contributed by atoms with Crippen LogP contribution in [0.2, 0.25) is 0 Å². The first-order valence-electron chi connectivity index (χ1n) is 8.58. The zero-order chi connectivity index (χ0) is 18.2. The van der Waals surface area contributed by atoms with E-state index >= 15 is 0 Å². The number of piperidine rings is 1. The minimum absolute atomic E-state index is 0.0743. The van der Waals surface area contributed by atoms with E-state index in [0.29, 0.717) is 25.1 Å². The Morgan fingerprint density at radius 2 is 2.16 bits per heavy atom. The van der Waals surface area contributed by atoms with Gasteiger partial charge in [0, 0.05) is 31.4 Å². The Morgan fingerprint density at radius 1 is 1.40 bits per heavy atom. The Kier molecular flexibility index (Phi) is 4.40. The fraction of sp³-hybridized carbons (Fsp3) is 0.647. The highest BCUT2D eigenvalue weighted by molar-refractivity contribution is 5.95. The van der Waals surface area contributed by atoms with E-state index in [1.54, 1.807) is 32.9 Å². The summed E-state index contributed by atoms with van der Waals surface area (Å²) in [6.07, 6.45) is 6.46. The van der Waals surface area contributed by atoms with E-state index in [1.807, 2.05) is 27.8 Å². The molecule has 2 aromatic rings. The lowest BCUT2D eigenvalue weighted by Crippen LogP contribution is -2.52. The van der Waals surface area contributed by atoms with Crippen LogP contribution in [0.15, 0.2) is 18.6 Å². The predicted octanol–water partition coefficient (Wildman–Crippen LogP) is 0.976. The molecular formula is C17H26N6O2. The SMILES string of the molecule is Cn1cc(C(=O)N2CCCC(O)(Cn3ccnn3)C2)c(C(C)(C)C)n1. The Morgan fingerprint density at radius 3 is 2.80 bits per heavy atom. The molecule has 0 aromatic carbocycles. The van der Waals surface area contributed by atoms with Gasteiger partial charge >= 0.3 is 0 Å². The molecule has 1 saturated heterocycles. The van der Waals surface area contributed by atoms with E-state index < -0.39 is 5.60 Å². The maximum absolute atomic E-state index is 13.1. The molecule has 0 saturated carbocycles. The van der Waals surface area contributed by atoms with Gasteiger partial charge < -0.3 is 10.0 Å². The first-order chi connectivity index (χ1) is 11.7. The third-order valence-corrected chi connectivity index (χ3v) is 4.54. The largest absolute Gasteiger partial charge is 0.386 e. The number of aliphatic hydroxyl groups is 1. The molecule has 1 aliphatic rings. The fourth-order valence-corrected chi connectivity index (χ4v) is 3.40. The molecule has 0 spiro atoms. The molecule has 8 nitrogen and oxygen atoms in total. The Bertz CT molecular complexity index is 746. The molecule has 25 heavy (non-hydrogen) atoms. The number of hydrogen-bond acceptors (Lipinski definition) is 5. The Balaban J connectivity index is 1.81. The van der Waals surface area contributed by atoms with Crippen molar-refractivity contribution in [1.82, 2.24) is 29.7 Å². The summed E-state index contributed by atoms with van der Waals surface area (Å²) in [6.45, 7) is 7.38. The monoisotopic (exact) mass is 346 g/mol. The number of amides is 1. The van der Waals surface area contributed by atoms with Crippen molar-refractivity contribution >= 4 is 5.91 Å². The molecule has 8 heteroatoms. The molecule has 0 aliphatic carbocycles. The zero-order valence-electron chi connectivity index (χ0n) is 15.3. The second-order valence-corrected chi connectivity index (χ2v) is 7.97. The average Bonchev–Trinajstić information content (AvgIpc) is 3.15. The maximum atomic E-state index is 13.1. The number of aromatic nitrogens is 5. The van der Waals surface area contributed by atoms with Gasteiger partial charge in [0.05, 0.1) is 30.5 Å². The second kappa shape index (κ2) is 6.25. The number of carbonyl (C=O) groups excluding carboxylic acids is 1. The van der Waals surface area contributed by atoms with Crippen LogP contribution in [-0.4, -0.2) is 59.4 Å². The lowest BCUT2D eigenvalue weighted by Gasteiger charge is -2.39. The van der Waals surface area contributed by atoms with Crippen molar-refractivity contribution in [3.8, 4) is 0 Å². The van der Waals surface area contributed by atoms with Crippen LogP contribution in [0.1, 0.15) is 49.7 Å². The van der Waals surface area contributed by atoms with Crippen molar-refractivity contribution in [2.24, 2.45) is 7.05 Å². The van der Waals surface area contributed by atoms with Gasteiger partial charge in [-0.25, -0.2) is 4.68 Å². The molecule has 1 unspecified atom stereocenters. The van der Waals surface area contributed by atoms with E-state index in [9.17, 15) is 9.90 Å². The van der Waals surface area contributed by atoms with E-state index in [0.717, 1.165) is 12.1 Å². The van der Waals surface area contributed by atoms with Crippen LogP contribution in [0.4, 0.5) is 0 Å². The van der Waals surface area contributed by atoms with Crippen LogP contribution in [0.25, 0.3) is 0 Å². The van der Waals surface area contributed by atoms with Crippen molar-refractivity contribution in [1.29, 1.82) is 0 Å². The third-order valence-electron chi connectivity index (χ3n) is 4.54. The highest BCUT2D eigenvalue weighted by atomic mass is 16.3. The van der Waals surface area contributed by atoms with Gasteiger partial charge in [0.25, 0.3) is 5.91 Å². The molecular weight excluding hydrogens is 320 g/mol. The van der Waals surface area contributed by atoms with Crippen LogP contribution in [-0.2, 0) is 19.0 Å². The summed E-state index contributed by atoms with van der Waals surface area (Å²) in [5, 5.41) is 23.1. The molecule has 3 rings (SSSR count). The summed E-state index contributed by atoms with van der Waals surface area (Å²) >= 11 is 0. The first kappa shape index (κ1) is 17.6. The van der Waals surface area contributed by atoms with Gasteiger partial charge in [-0.2, -0.15) is 5.10 Å². The topological polar surface area (TPSA) is 89.1 Å². The average molecular weight is 346 g/mol. The smallest absolute Gasteiger partial charge is 0.257 e. The molecule has 1 aliphatic heterocycles. The van der Waals surface area contributed by atoms with Crippen LogP contribution < -0.4 is 0 Å². The summed E-state index contributed by atoms with van der Waals surface area (Å²) in [5.41, 5.74) is 0.176. The number of nitrogens with zero attached hydrogens (tertiary/aromatic N) is 6. The number of carbonyl (C=O) groups is 1. The molecule has 136 valence electrons. The lowest BCUT2D eigenvalue weighted by atomic mass is 9.88. The zero-order valence-corrected chi connectivity index (χ0v) is 15.3. The minimum atomic E-state index is -0.994. The van der Waals surface area contributed by atoms with E-state index in [2.05, 4.69) is 15.4 Å². The van der Waals surface area contributed by atoms with E-state index in [4.69, 9.17) is 0 Å². The normalized spacial score (nSPS) is 21.6. The summed E-state index contributed by atoms with van der Waals surface area (Å²) in [4.78, 5) is 14.8. The summed E-state index contributed by atoms with van der Waals surface area (Å²) in [7, 11) is 1.82. The first-order valence-corrected chi connectivity index (χ1v) is 8.58. The van der Waals surface area contributed by atoms with Gasteiger partial charge in [-0.15, -0.1) is 5.10 Å². The predicted molar refractivity (Wildman–Crippen MR) is 92.0 cm³/mol. The van der Waals surface area contributed by atoms with Gasteiger partial charge in [0.1, 0.15) is 5.60 Å². The summed E-state index contributed by atoms with van der Waals surface area (Å²) in [6, 6.07) is 0. The molecule has 1 atom stereocenters. The standard InChI is InChI=1S/C17H26N6O2/c1-16(2,3)14-13(10-21(4)19-14)15(24)22-8-5-6-17(25,11-22)12-23-9-7-18-20-23/h7,9-10,25H,5-6,8,11-12H2,1-4H3. The van der Waals surface area contributed by atoms with Crippen LogP contribution in [0, 0.1) is 0 Å². The molecule has 1 N–H and O–H groups in total. The van der Waals surface area contributed by atoms with Crippen molar-refractivity contribution in [2.75, 3.05) is 13.1 Å². The van der Waals surface area contributed by atoms with Gasteiger partial charge in [-0.3, -0.25) is 9.48 Å². The quantitative estimate of drug-likeness (QED) is 0.895. The van der Waals surface area contributed by atoms with E-state index in [-0.39, 0.29) is 17.9 Å². The fourth-order valence-electron chi connectivity index (χ4n) is 3.40. The molecule has 0 radical (unpaired) electrons. The van der Waals surface area contributed by atoms with Crippen LogP contribution in [0.5, 0.6) is 0 Å². The van der Waals surface area contributed by atoms with Gasteiger partial charge in [-0.05, 0) is 12.8 Å². The number of rotatable bonds is 3. The van der Waals surface area contributed by atoms with Crippen molar-refractivity contribution in [2.45, 2.75) is 51.2 Å². The third kappa shape index (κ3) is 3.73. The van der Waals surface area contributed by atoms with Gasteiger partial charge in [0.2, 0.25) is 0 Å². The van der Waals surface area contributed by atoms with Crippen molar-refractivity contribution in [3.63, 3.8) is 0 Å². The summed E-state index contributed by atoms with van der Waals surface area (Å²) < 4.78 is 3.29. The molecule has 1 amide bonds. The van der Waals surface area contributed by atoms with Crippen molar-refractivity contribution in [3.05, 3.63) is 29.8 Å². The highest BCUT2D eigenvalue weighted by Crippen LogP contribution is 2.28. The number of hydrogen-bond donors (Lipinski definition) is 1. The minimum Gasteiger partial charge on any atom is -0.386 e. The molecule has 1 fully saturated rings. The number of β-amino-alcohol motifs (C(OH)–C–C–N with tert-alkyl or cyclic N) is 1. The molecule has 0 bridgehead atoms. The lowest BCUT2D eigenvalue weighted by molar-refractivity contribution is -0.0387. The van der Waals surface area contributed by atoms with Gasteiger partial charge in [0.15, 0.2) is 0 Å². The molecule has 2 aromatic heterocycles. The second-order valence-electron chi connectivity index (χ2n) is 7.97.